The van der Waals surface area contributed by atoms with Gasteiger partial charge in [-0.15, -0.1) is 0 Å². The molecular weight excluding hydrogens is 186 g/mol. The third-order valence-corrected chi connectivity index (χ3v) is 3.42. The molecule has 0 radical (unpaired) electrons. The van der Waals surface area contributed by atoms with E-state index in [0.29, 0.717) is 18.0 Å². The van der Waals surface area contributed by atoms with E-state index in [4.69, 9.17) is 5.11 Å². The van der Waals surface area contributed by atoms with Gasteiger partial charge in [0.05, 0.1) is 0 Å². The SMILES string of the molecule is CCC(C)C(C)NC(CCO)C(C)(C)C. The third-order valence-electron chi connectivity index (χ3n) is 3.42. The van der Waals surface area contributed by atoms with Gasteiger partial charge in [0.1, 0.15) is 0 Å². The Kier molecular flexibility index (Phi) is 6.46. The van der Waals surface area contributed by atoms with Crippen LogP contribution in [-0.4, -0.2) is 23.8 Å². The van der Waals surface area contributed by atoms with E-state index in [2.05, 4.69) is 46.9 Å². The normalized spacial score (nSPS) is 18.6. The summed E-state index contributed by atoms with van der Waals surface area (Å²) < 4.78 is 0. The van der Waals surface area contributed by atoms with E-state index in [-0.39, 0.29) is 12.0 Å². The Balaban J connectivity index is 4.28. The average Bonchev–Trinajstić information content (AvgIpc) is 2.14. The third kappa shape index (κ3) is 5.53. The lowest BCUT2D eigenvalue weighted by Crippen LogP contribution is -2.47. The van der Waals surface area contributed by atoms with Gasteiger partial charge in [0.25, 0.3) is 0 Å². The molecule has 0 saturated heterocycles. The highest BCUT2D eigenvalue weighted by atomic mass is 16.3. The second-order valence-electron chi connectivity index (χ2n) is 5.77. The van der Waals surface area contributed by atoms with E-state index in [1.165, 1.54) is 6.42 Å². The highest BCUT2D eigenvalue weighted by molar-refractivity contribution is 4.83. The van der Waals surface area contributed by atoms with Crippen LogP contribution >= 0.6 is 0 Å². The summed E-state index contributed by atoms with van der Waals surface area (Å²) in [5.41, 5.74) is 0.213. The van der Waals surface area contributed by atoms with Crippen molar-refractivity contribution in [3.8, 4) is 0 Å². The molecule has 0 saturated carbocycles. The maximum atomic E-state index is 9.07. The molecule has 0 aromatic heterocycles. The van der Waals surface area contributed by atoms with E-state index < -0.39 is 0 Å². The van der Waals surface area contributed by atoms with E-state index in [1.54, 1.807) is 0 Å². The summed E-state index contributed by atoms with van der Waals surface area (Å²) in [6, 6.07) is 0.914. The summed E-state index contributed by atoms with van der Waals surface area (Å²) in [7, 11) is 0. The molecule has 0 aliphatic rings. The van der Waals surface area contributed by atoms with Gasteiger partial charge in [-0.1, -0.05) is 41.0 Å². The summed E-state index contributed by atoms with van der Waals surface area (Å²) in [6.45, 7) is 13.7. The van der Waals surface area contributed by atoms with Gasteiger partial charge in [-0.25, -0.2) is 0 Å². The first-order valence-corrected chi connectivity index (χ1v) is 6.19. The summed E-state index contributed by atoms with van der Waals surface area (Å²) in [4.78, 5) is 0. The van der Waals surface area contributed by atoms with Crippen LogP contribution in [0.15, 0.2) is 0 Å². The molecule has 15 heavy (non-hydrogen) atoms. The zero-order chi connectivity index (χ0) is 12.1. The molecule has 3 unspecified atom stereocenters. The topological polar surface area (TPSA) is 32.3 Å². The Morgan fingerprint density at radius 3 is 2.07 bits per heavy atom. The molecule has 0 spiro atoms. The molecule has 3 atom stereocenters. The molecule has 0 aromatic rings. The second-order valence-corrected chi connectivity index (χ2v) is 5.77. The maximum absolute atomic E-state index is 9.07. The molecule has 0 aromatic carbocycles. The molecule has 0 heterocycles. The lowest BCUT2D eigenvalue weighted by Gasteiger charge is -2.35. The Labute approximate surface area is 95.5 Å². The van der Waals surface area contributed by atoms with Crippen LogP contribution in [0, 0.1) is 11.3 Å². The van der Waals surface area contributed by atoms with Gasteiger partial charge < -0.3 is 10.4 Å². The number of aliphatic hydroxyl groups excluding tert-OH is 1. The van der Waals surface area contributed by atoms with Gasteiger partial charge in [0.2, 0.25) is 0 Å². The van der Waals surface area contributed by atoms with Crippen molar-refractivity contribution in [3.63, 3.8) is 0 Å². The van der Waals surface area contributed by atoms with Crippen molar-refractivity contribution >= 4 is 0 Å². The molecular formula is C13H29NO. The van der Waals surface area contributed by atoms with Crippen molar-refractivity contribution in [2.45, 2.75) is 66.5 Å². The number of aliphatic hydroxyl groups is 1. The van der Waals surface area contributed by atoms with Gasteiger partial charge in [0.15, 0.2) is 0 Å². The Morgan fingerprint density at radius 1 is 1.20 bits per heavy atom. The van der Waals surface area contributed by atoms with Gasteiger partial charge >= 0.3 is 0 Å². The smallest absolute Gasteiger partial charge is 0.0446 e. The quantitative estimate of drug-likeness (QED) is 0.714. The predicted octanol–water partition coefficient (Wildman–Crippen LogP) is 2.81. The number of rotatable bonds is 6. The summed E-state index contributed by atoms with van der Waals surface area (Å²) >= 11 is 0. The van der Waals surface area contributed by atoms with Crippen LogP contribution < -0.4 is 5.32 Å². The van der Waals surface area contributed by atoms with Crippen LogP contribution in [0.1, 0.15) is 54.4 Å². The van der Waals surface area contributed by atoms with Crippen molar-refractivity contribution in [1.29, 1.82) is 0 Å². The summed E-state index contributed by atoms with van der Waals surface area (Å²) in [5.74, 6) is 0.688. The first-order chi connectivity index (χ1) is 6.82. The number of hydrogen-bond donors (Lipinski definition) is 2. The molecule has 2 N–H and O–H groups in total. The average molecular weight is 215 g/mol. The predicted molar refractivity (Wildman–Crippen MR) is 67.0 cm³/mol. The Morgan fingerprint density at radius 2 is 1.73 bits per heavy atom. The molecule has 0 rings (SSSR count). The molecule has 2 nitrogen and oxygen atoms in total. The second kappa shape index (κ2) is 6.49. The molecule has 2 heteroatoms. The van der Waals surface area contributed by atoms with E-state index in [9.17, 15) is 0 Å². The standard InChI is InChI=1S/C13H29NO/c1-7-10(2)11(3)14-12(8-9-15)13(4,5)6/h10-12,14-15H,7-9H2,1-6H3. The molecule has 92 valence electrons. The fourth-order valence-electron chi connectivity index (χ4n) is 1.73. The van der Waals surface area contributed by atoms with Crippen LogP contribution in [0.4, 0.5) is 0 Å². The van der Waals surface area contributed by atoms with Gasteiger partial charge in [0, 0.05) is 18.7 Å². The fourth-order valence-corrected chi connectivity index (χ4v) is 1.73. The molecule has 0 bridgehead atoms. The zero-order valence-electron chi connectivity index (χ0n) is 11.3. The zero-order valence-corrected chi connectivity index (χ0v) is 11.3. The number of hydrogen-bond acceptors (Lipinski definition) is 2. The van der Waals surface area contributed by atoms with Crippen molar-refractivity contribution in [3.05, 3.63) is 0 Å². The molecule has 0 fully saturated rings. The highest BCUT2D eigenvalue weighted by Crippen LogP contribution is 2.23. The molecule has 0 amide bonds. The van der Waals surface area contributed by atoms with E-state index in [0.717, 1.165) is 6.42 Å². The summed E-state index contributed by atoms with van der Waals surface area (Å²) in [5, 5.41) is 12.7. The first-order valence-electron chi connectivity index (χ1n) is 6.19. The lowest BCUT2D eigenvalue weighted by atomic mass is 9.83. The first kappa shape index (κ1) is 14.9. The van der Waals surface area contributed by atoms with Crippen LogP contribution in [0.5, 0.6) is 0 Å². The van der Waals surface area contributed by atoms with Crippen LogP contribution in [0.3, 0.4) is 0 Å². The van der Waals surface area contributed by atoms with Crippen molar-refractivity contribution < 1.29 is 5.11 Å². The van der Waals surface area contributed by atoms with Crippen molar-refractivity contribution in [2.24, 2.45) is 11.3 Å². The lowest BCUT2D eigenvalue weighted by molar-refractivity contribution is 0.176. The van der Waals surface area contributed by atoms with E-state index in [1.807, 2.05) is 0 Å². The van der Waals surface area contributed by atoms with Gasteiger partial charge in [-0.05, 0) is 24.7 Å². The highest BCUT2D eigenvalue weighted by Gasteiger charge is 2.26. The van der Waals surface area contributed by atoms with Crippen LogP contribution in [0.2, 0.25) is 0 Å². The Bertz CT molecular complexity index is 162. The van der Waals surface area contributed by atoms with E-state index >= 15 is 0 Å². The van der Waals surface area contributed by atoms with Crippen molar-refractivity contribution in [1.82, 2.24) is 5.32 Å². The largest absolute Gasteiger partial charge is 0.396 e. The van der Waals surface area contributed by atoms with Crippen molar-refractivity contribution in [2.75, 3.05) is 6.61 Å². The van der Waals surface area contributed by atoms with Crippen LogP contribution in [-0.2, 0) is 0 Å². The minimum Gasteiger partial charge on any atom is -0.396 e. The molecule has 0 aliphatic carbocycles. The monoisotopic (exact) mass is 215 g/mol. The maximum Gasteiger partial charge on any atom is 0.0446 e. The fraction of sp³-hybridized carbons (Fsp3) is 1.00. The minimum atomic E-state index is 0.213. The minimum absolute atomic E-state index is 0.213. The van der Waals surface area contributed by atoms with Gasteiger partial charge in [-0.2, -0.15) is 0 Å². The Hall–Kier alpha value is -0.0800. The molecule has 0 aliphatic heterocycles. The van der Waals surface area contributed by atoms with Crippen LogP contribution in [0.25, 0.3) is 0 Å². The summed E-state index contributed by atoms with van der Waals surface area (Å²) in [6.07, 6.45) is 2.04. The van der Waals surface area contributed by atoms with Gasteiger partial charge in [-0.3, -0.25) is 0 Å². The number of nitrogens with one attached hydrogen (secondary N) is 1.